The molecule has 0 saturated heterocycles. The first kappa shape index (κ1) is 17.9. The SMILES string of the molecule is CC1=C(C(=O)Nc2ccc(F)cc2)[C@@H](c2c(F)cccc2Cl)NC(=O)N1. The van der Waals surface area contributed by atoms with Crippen LogP contribution in [0.3, 0.4) is 0 Å². The molecule has 0 saturated carbocycles. The molecule has 0 spiro atoms. The lowest BCUT2D eigenvalue weighted by Gasteiger charge is -2.29. The van der Waals surface area contributed by atoms with Crippen LogP contribution in [0.1, 0.15) is 18.5 Å². The number of allylic oxidation sites excluding steroid dienone is 1. The van der Waals surface area contributed by atoms with Gasteiger partial charge in [0.25, 0.3) is 5.91 Å². The normalized spacial score (nSPS) is 16.8. The minimum atomic E-state index is -1.07. The number of nitrogens with one attached hydrogen (secondary N) is 3. The monoisotopic (exact) mass is 377 g/mol. The second kappa shape index (κ2) is 7.13. The minimum absolute atomic E-state index is 0.00683. The van der Waals surface area contributed by atoms with Crippen molar-refractivity contribution in [3.8, 4) is 0 Å². The number of anilines is 1. The van der Waals surface area contributed by atoms with Crippen LogP contribution in [0.2, 0.25) is 5.02 Å². The Morgan fingerprint density at radius 1 is 1.15 bits per heavy atom. The standard InChI is InChI=1S/C18H14ClF2N3O2/c1-9-14(17(25)23-11-7-5-10(20)6-8-11)16(24-18(26)22-9)15-12(19)3-2-4-13(15)21/h2-8,16H,1H3,(H,23,25)(H2,22,24,26)/t16-/m0/s1. The molecule has 0 aromatic heterocycles. The molecule has 0 aliphatic carbocycles. The van der Waals surface area contributed by atoms with Crippen molar-refractivity contribution in [3.63, 3.8) is 0 Å². The average Bonchev–Trinajstić information content (AvgIpc) is 2.56. The van der Waals surface area contributed by atoms with Crippen molar-refractivity contribution in [3.05, 3.63) is 76.0 Å². The smallest absolute Gasteiger partial charge is 0.319 e. The highest BCUT2D eigenvalue weighted by molar-refractivity contribution is 6.31. The third kappa shape index (κ3) is 3.52. The van der Waals surface area contributed by atoms with E-state index in [2.05, 4.69) is 16.0 Å². The van der Waals surface area contributed by atoms with Crippen LogP contribution in [-0.2, 0) is 4.79 Å². The summed E-state index contributed by atoms with van der Waals surface area (Å²) in [6.45, 7) is 1.53. The fourth-order valence-corrected chi connectivity index (χ4v) is 3.00. The summed E-state index contributed by atoms with van der Waals surface area (Å²) >= 11 is 6.10. The fourth-order valence-electron chi connectivity index (χ4n) is 2.73. The van der Waals surface area contributed by atoms with Crippen molar-refractivity contribution in [2.45, 2.75) is 13.0 Å². The molecule has 1 aliphatic rings. The van der Waals surface area contributed by atoms with E-state index in [1.807, 2.05) is 0 Å². The highest BCUT2D eigenvalue weighted by Gasteiger charge is 2.34. The van der Waals surface area contributed by atoms with Gasteiger partial charge >= 0.3 is 6.03 Å². The zero-order valence-corrected chi connectivity index (χ0v) is 14.3. The Hall–Kier alpha value is -2.93. The van der Waals surface area contributed by atoms with Gasteiger partial charge in [0.05, 0.1) is 11.6 Å². The molecular weight excluding hydrogens is 364 g/mol. The zero-order chi connectivity index (χ0) is 18.8. The van der Waals surface area contributed by atoms with E-state index in [-0.39, 0.29) is 21.9 Å². The van der Waals surface area contributed by atoms with Crippen molar-refractivity contribution in [1.82, 2.24) is 10.6 Å². The maximum atomic E-state index is 14.3. The molecule has 0 fully saturated rings. The second-order valence-electron chi connectivity index (χ2n) is 5.67. The van der Waals surface area contributed by atoms with Crippen LogP contribution in [-0.4, -0.2) is 11.9 Å². The fraction of sp³-hybridized carbons (Fsp3) is 0.111. The predicted molar refractivity (Wildman–Crippen MR) is 93.5 cm³/mol. The van der Waals surface area contributed by atoms with Crippen LogP contribution in [0.5, 0.6) is 0 Å². The summed E-state index contributed by atoms with van der Waals surface area (Å²) in [5, 5.41) is 7.69. The lowest BCUT2D eigenvalue weighted by atomic mass is 9.94. The van der Waals surface area contributed by atoms with Crippen LogP contribution in [0.4, 0.5) is 19.3 Å². The minimum Gasteiger partial charge on any atom is -0.327 e. The first-order valence-electron chi connectivity index (χ1n) is 7.66. The van der Waals surface area contributed by atoms with Gasteiger partial charge in [-0.3, -0.25) is 4.79 Å². The first-order valence-corrected chi connectivity index (χ1v) is 8.03. The number of hydrogen-bond donors (Lipinski definition) is 3. The van der Waals surface area contributed by atoms with E-state index in [4.69, 9.17) is 11.6 Å². The van der Waals surface area contributed by atoms with Crippen LogP contribution in [0.15, 0.2) is 53.7 Å². The molecule has 8 heteroatoms. The molecule has 2 aromatic carbocycles. The number of rotatable bonds is 3. The van der Waals surface area contributed by atoms with Crippen LogP contribution >= 0.6 is 11.6 Å². The number of benzene rings is 2. The van der Waals surface area contributed by atoms with Gasteiger partial charge in [0, 0.05) is 22.0 Å². The third-order valence-corrected chi connectivity index (χ3v) is 4.23. The molecule has 0 bridgehead atoms. The molecule has 1 aliphatic heterocycles. The number of carbonyl (C=O) groups is 2. The Bertz CT molecular complexity index is 893. The molecule has 1 heterocycles. The summed E-state index contributed by atoms with van der Waals surface area (Å²) in [5.41, 5.74) is 0.707. The van der Waals surface area contributed by atoms with E-state index < -0.39 is 29.6 Å². The van der Waals surface area contributed by atoms with Gasteiger partial charge in [0.15, 0.2) is 0 Å². The number of urea groups is 1. The predicted octanol–water partition coefficient (Wildman–Crippen LogP) is 3.88. The largest absolute Gasteiger partial charge is 0.327 e. The maximum absolute atomic E-state index is 14.3. The van der Waals surface area contributed by atoms with Gasteiger partial charge in [0.2, 0.25) is 0 Å². The van der Waals surface area contributed by atoms with Gasteiger partial charge in [-0.25, -0.2) is 13.6 Å². The first-order chi connectivity index (χ1) is 12.4. The molecule has 134 valence electrons. The van der Waals surface area contributed by atoms with Crippen molar-refractivity contribution in [1.29, 1.82) is 0 Å². The Balaban J connectivity index is 2.00. The quantitative estimate of drug-likeness (QED) is 0.759. The van der Waals surface area contributed by atoms with Crippen LogP contribution in [0, 0.1) is 11.6 Å². The molecule has 0 radical (unpaired) electrons. The van der Waals surface area contributed by atoms with Crippen LogP contribution < -0.4 is 16.0 Å². The van der Waals surface area contributed by atoms with Gasteiger partial charge in [-0.1, -0.05) is 17.7 Å². The van der Waals surface area contributed by atoms with Crippen molar-refractivity contribution in [2.75, 3.05) is 5.32 Å². The van der Waals surface area contributed by atoms with E-state index in [1.54, 1.807) is 0 Å². The lowest BCUT2D eigenvalue weighted by Crippen LogP contribution is -2.46. The molecule has 1 atom stereocenters. The van der Waals surface area contributed by atoms with E-state index in [0.29, 0.717) is 5.69 Å². The van der Waals surface area contributed by atoms with E-state index in [0.717, 1.165) is 0 Å². The van der Waals surface area contributed by atoms with Gasteiger partial charge in [-0.15, -0.1) is 0 Å². The average molecular weight is 378 g/mol. The van der Waals surface area contributed by atoms with Gasteiger partial charge in [-0.05, 0) is 43.3 Å². The molecule has 0 unspecified atom stereocenters. The molecular formula is C18H14ClF2N3O2. The van der Waals surface area contributed by atoms with Gasteiger partial charge < -0.3 is 16.0 Å². The number of carbonyl (C=O) groups excluding carboxylic acids is 2. The summed E-state index contributed by atoms with van der Waals surface area (Å²) in [5.74, 6) is -1.67. The Labute approximate surface area is 153 Å². The molecule has 3 rings (SSSR count). The van der Waals surface area contributed by atoms with Crippen LogP contribution in [0.25, 0.3) is 0 Å². The molecule has 3 N–H and O–H groups in total. The van der Waals surface area contributed by atoms with Crippen molar-refractivity contribution >= 4 is 29.2 Å². The van der Waals surface area contributed by atoms with Gasteiger partial charge in [-0.2, -0.15) is 0 Å². The summed E-state index contributed by atoms with van der Waals surface area (Å²) in [6.07, 6.45) is 0. The molecule has 2 aromatic rings. The topological polar surface area (TPSA) is 70.2 Å². The summed E-state index contributed by atoms with van der Waals surface area (Å²) in [7, 11) is 0. The highest BCUT2D eigenvalue weighted by Crippen LogP contribution is 2.33. The Morgan fingerprint density at radius 3 is 2.50 bits per heavy atom. The van der Waals surface area contributed by atoms with E-state index in [9.17, 15) is 18.4 Å². The van der Waals surface area contributed by atoms with Crippen molar-refractivity contribution in [2.24, 2.45) is 0 Å². The molecule has 5 nitrogen and oxygen atoms in total. The summed E-state index contributed by atoms with van der Waals surface area (Å²) in [6, 6.07) is 7.62. The maximum Gasteiger partial charge on any atom is 0.319 e. The summed E-state index contributed by atoms with van der Waals surface area (Å²) < 4.78 is 27.4. The second-order valence-corrected chi connectivity index (χ2v) is 6.07. The van der Waals surface area contributed by atoms with Crippen molar-refractivity contribution < 1.29 is 18.4 Å². The summed E-state index contributed by atoms with van der Waals surface area (Å²) in [4.78, 5) is 24.6. The number of hydrogen-bond acceptors (Lipinski definition) is 2. The lowest BCUT2D eigenvalue weighted by molar-refractivity contribution is -0.113. The number of halogens is 3. The zero-order valence-electron chi connectivity index (χ0n) is 13.6. The molecule has 26 heavy (non-hydrogen) atoms. The number of amides is 3. The highest BCUT2D eigenvalue weighted by atomic mass is 35.5. The van der Waals surface area contributed by atoms with Gasteiger partial charge in [0.1, 0.15) is 11.6 Å². The Kier molecular flexibility index (Phi) is 4.90. The van der Waals surface area contributed by atoms with E-state index >= 15 is 0 Å². The third-order valence-electron chi connectivity index (χ3n) is 3.90. The van der Waals surface area contributed by atoms with E-state index in [1.165, 1.54) is 49.4 Å². The molecule has 3 amide bonds. The Morgan fingerprint density at radius 2 is 1.85 bits per heavy atom.